The Bertz CT molecular complexity index is 733. The van der Waals surface area contributed by atoms with Gasteiger partial charge in [0.15, 0.2) is 0 Å². The minimum atomic E-state index is -0.568. The van der Waals surface area contributed by atoms with E-state index in [1.54, 1.807) is 24.3 Å². The van der Waals surface area contributed by atoms with E-state index in [-0.39, 0.29) is 18.2 Å². The van der Waals surface area contributed by atoms with Gasteiger partial charge in [-0.3, -0.25) is 9.59 Å². The molecule has 22 heavy (non-hydrogen) atoms. The second-order valence-electron chi connectivity index (χ2n) is 4.92. The molecule has 1 aliphatic heterocycles. The lowest BCUT2D eigenvalue weighted by molar-refractivity contribution is -0.121. The van der Waals surface area contributed by atoms with Crippen LogP contribution in [0.25, 0.3) is 0 Å². The zero-order valence-corrected chi connectivity index (χ0v) is 13.8. The Labute approximate surface area is 141 Å². The van der Waals surface area contributed by atoms with Crippen LogP contribution < -0.4 is 10.2 Å². The summed E-state index contributed by atoms with van der Waals surface area (Å²) < 4.78 is 0.847. The average molecular weight is 380 g/mol. The first-order chi connectivity index (χ1) is 10.6. The maximum Gasteiger partial charge on any atom is 0.256 e. The highest BCUT2D eigenvalue weighted by molar-refractivity contribution is 9.10. The standard InChI is InChI=1S/C16H12BrClN2O2/c17-12-3-1-2-4-13(12)19-14-9-15(21)20(16(14)22)11-7-5-10(18)6-8-11/h1-8,14,19H,9H2/t14-/m1/s1. The van der Waals surface area contributed by atoms with E-state index in [9.17, 15) is 9.59 Å². The van der Waals surface area contributed by atoms with Gasteiger partial charge in [-0.1, -0.05) is 23.7 Å². The molecule has 0 spiro atoms. The molecule has 4 nitrogen and oxygen atoms in total. The van der Waals surface area contributed by atoms with Gasteiger partial charge in [-0.2, -0.15) is 0 Å². The van der Waals surface area contributed by atoms with Crippen molar-refractivity contribution in [3.05, 3.63) is 58.0 Å². The first-order valence-corrected chi connectivity index (χ1v) is 7.87. The van der Waals surface area contributed by atoms with Crippen molar-refractivity contribution in [1.29, 1.82) is 0 Å². The van der Waals surface area contributed by atoms with Gasteiger partial charge in [-0.25, -0.2) is 4.90 Å². The van der Waals surface area contributed by atoms with E-state index in [2.05, 4.69) is 21.2 Å². The summed E-state index contributed by atoms with van der Waals surface area (Å²) in [5.74, 6) is -0.486. The lowest BCUT2D eigenvalue weighted by Gasteiger charge is -2.16. The molecule has 2 aromatic carbocycles. The first kappa shape index (κ1) is 15.1. The first-order valence-electron chi connectivity index (χ1n) is 6.69. The summed E-state index contributed by atoms with van der Waals surface area (Å²) in [7, 11) is 0. The zero-order valence-electron chi connectivity index (χ0n) is 11.4. The van der Waals surface area contributed by atoms with Gasteiger partial charge < -0.3 is 5.32 Å². The zero-order chi connectivity index (χ0) is 15.7. The van der Waals surface area contributed by atoms with Crippen LogP contribution in [0.4, 0.5) is 11.4 Å². The summed E-state index contributed by atoms with van der Waals surface area (Å²) in [5, 5.41) is 3.68. The quantitative estimate of drug-likeness (QED) is 0.824. The van der Waals surface area contributed by atoms with Crippen LogP contribution in [0.5, 0.6) is 0 Å². The largest absolute Gasteiger partial charge is 0.372 e. The molecule has 6 heteroatoms. The van der Waals surface area contributed by atoms with Crippen molar-refractivity contribution >= 4 is 50.7 Å². The van der Waals surface area contributed by atoms with E-state index < -0.39 is 6.04 Å². The summed E-state index contributed by atoms with van der Waals surface area (Å²) in [4.78, 5) is 25.9. The van der Waals surface area contributed by atoms with Crippen LogP contribution in [-0.4, -0.2) is 17.9 Å². The number of nitrogens with one attached hydrogen (secondary N) is 1. The van der Waals surface area contributed by atoms with E-state index in [1.165, 1.54) is 4.90 Å². The van der Waals surface area contributed by atoms with Crippen LogP contribution >= 0.6 is 27.5 Å². The highest BCUT2D eigenvalue weighted by atomic mass is 79.9. The molecule has 0 radical (unpaired) electrons. The smallest absolute Gasteiger partial charge is 0.256 e. The molecule has 3 rings (SSSR count). The molecule has 0 aromatic heterocycles. The van der Waals surface area contributed by atoms with Crippen LogP contribution in [0.3, 0.4) is 0 Å². The van der Waals surface area contributed by atoms with Crippen molar-refractivity contribution in [3.63, 3.8) is 0 Å². The lowest BCUT2D eigenvalue weighted by atomic mass is 10.2. The number of anilines is 2. The third kappa shape index (κ3) is 2.87. The van der Waals surface area contributed by atoms with Gasteiger partial charge in [0.25, 0.3) is 5.91 Å². The van der Waals surface area contributed by atoms with Gasteiger partial charge in [-0.05, 0) is 52.3 Å². The Morgan fingerprint density at radius 2 is 1.77 bits per heavy atom. The van der Waals surface area contributed by atoms with E-state index in [4.69, 9.17) is 11.6 Å². The topological polar surface area (TPSA) is 49.4 Å². The average Bonchev–Trinajstić information content (AvgIpc) is 2.77. The molecule has 1 saturated heterocycles. The molecule has 1 N–H and O–H groups in total. The number of imide groups is 1. The summed E-state index contributed by atoms with van der Waals surface area (Å²) in [6.45, 7) is 0. The number of halogens is 2. The molecule has 1 atom stereocenters. The molecule has 0 bridgehead atoms. The maximum absolute atomic E-state index is 12.5. The summed E-state index contributed by atoms with van der Waals surface area (Å²) in [6.07, 6.45) is 0.128. The highest BCUT2D eigenvalue weighted by Crippen LogP contribution is 2.28. The molecular weight excluding hydrogens is 368 g/mol. The van der Waals surface area contributed by atoms with Crippen LogP contribution in [0.2, 0.25) is 5.02 Å². The van der Waals surface area contributed by atoms with Crippen molar-refractivity contribution in [2.24, 2.45) is 0 Å². The monoisotopic (exact) mass is 378 g/mol. The molecule has 1 fully saturated rings. The van der Waals surface area contributed by atoms with Crippen LogP contribution in [0.1, 0.15) is 6.42 Å². The van der Waals surface area contributed by atoms with Crippen molar-refractivity contribution in [2.45, 2.75) is 12.5 Å². The molecule has 2 aromatic rings. The van der Waals surface area contributed by atoms with Gasteiger partial charge in [0.1, 0.15) is 6.04 Å². The summed E-state index contributed by atoms with van der Waals surface area (Å²) in [6, 6.07) is 13.6. The number of benzene rings is 2. The molecule has 0 unspecified atom stereocenters. The molecule has 1 heterocycles. The third-order valence-electron chi connectivity index (χ3n) is 3.44. The van der Waals surface area contributed by atoms with Gasteiger partial charge in [0.05, 0.1) is 12.1 Å². The van der Waals surface area contributed by atoms with E-state index in [0.29, 0.717) is 10.7 Å². The van der Waals surface area contributed by atoms with Crippen LogP contribution in [-0.2, 0) is 9.59 Å². The van der Waals surface area contributed by atoms with Crippen LogP contribution in [0.15, 0.2) is 53.0 Å². The van der Waals surface area contributed by atoms with Gasteiger partial charge >= 0.3 is 0 Å². The number of hydrogen-bond donors (Lipinski definition) is 1. The molecule has 0 aliphatic carbocycles. The fourth-order valence-electron chi connectivity index (χ4n) is 2.37. The number of nitrogens with zero attached hydrogens (tertiary/aromatic N) is 1. The molecule has 1 aliphatic rings. The Kier molecular flexibility index (Phi) is 4.18. The number of para-hydroxylation sites is 1. The Morgan fingerprint density at radius 1 is 1.09 bits per heavy atom. The van der Waals surface area contributed by atoms with Crippen molar-refractivity contribution in [1.82, 2.24) is 0 Å². The van der Waals surface area contributed by atoms with Gasteiger partial charge in [0.2, 0.25) is 5.91 Å². The van der Waals surface area contributed by atoms with E-state index >= 15 is 0 Å². The minimum absolute atomic E-state index is 0.128. The van der Waals surface area contributed by atoms with E-state index in [1.807, 2.05) is 24.3 Å². The van der Waals surface area contributed by atoms with Crippen molar-refractivity contribution < 1.29 is 9.59 Å². The number of amides is 2. The lowest BCUT2D eigenvalue weighted by Crippen LogP contribution is -2.34. The molecule has 112 valence electrons. The Morgan fingerprint density at radius 3 is 2.45 bits per heavy atom. The normalized spacial score (nSPS) is 17.9. The predicted molar refractivity (Wildman–Crippen MR) is 90.1 cm³/mol. The molecular formula is C16H12BrClN2O2. The Hall–Kier alpha value is -1.85. The fourth-order valence-corrected chi connectivity index (χ4v) is 2.90. The number of hydrogen-bond acceptors (Lipinski definition) is 3. The summed E-state index contributed by atoms with van der Waals surface area (Å²) in [5.41, 5.74) is 1.32. The SMILES string of the molecule is O=C1C[C@@H](Nc2ccccc2Br)C(=O)N1c1ccc(Cl)cc1. The highest BCUT2D eigenvalue weighted by Gasteiger charge is 2.39. The van der Waals surface area contributed by atoms with Crippen molar-refractivity contribution in [3.8, 4) is 0 Å². The van der Waals surface area contributed by atoms with E-state index in [0.717, 1.165) is 10.2 Å². The summed E-state index contributed by atoms with van der Waals surface area (Å²) >= 11 is 9.26. The number of rotatable bonds is 3. The number of carbonyl (C=O) groups is 2. The van der Waals surface area contributed by atoms with Crippen LogP contribution in [0, 0.1) is 0 Å². The third-order valence-corrected chi connectivity index (χ3v) is 4.38. The minimum Gasteiger partial charge on any atom is -0.372 e. The van der Waals surface area contributed by atoms with Gasteiger partial charge in [-0.15, -0.1) is 0 Å². The second kappa shape index (κ2) is 6.10. The maximum atomic E-state index is 12.5. The Balaban J connectivity index is 1.82. The molecule has 2 amide bonds. The number of carbonyl (C=O) groups excluding carboxylic acids is 2. The van der Waals surface area contributed by atoms with Gasteiger partial charge in [0, 0.05) is 15.2 Å². The van der Waals surface area contributed by atoms with Crippen molar-refractivity contribution in [2.75, 3.05) is 10.2 Å². The molecule has 0 saturated carbocycles. The predicted octanol–water partition coefficient (Wildman–Crippen LogP) is 3.85. The second-order valence-corrected chi connectivity index (χ2v) is 6.22. The fraction of sp³-hybridized carbons (Fsp3) is 0.125.